The quantitative estimate of drug-likeness (QED) is 0.621. The number of nitrogens with zero attached hydrogens (tertiary/aromatic N) is 1. The third-order valence-electron chi connectivity index (χ3n) is 5.56. The number of esters is 1. The van der Waals surface area contributed by atoms with E-state index < -0.39 is 11.7 Å². The van der Waals surface area contributed by atoms with Crippen molar-refractivity contribution in [2.75, 3.05) is 20.2 Å². The first-order chi connectivity index (χ1) is 14.6. The number of carbonyl (C=O) groups excluding carboxylic acids is 3. The van der Waals surface area contributed by atoms with Gasteiger partial charge in [0.25, 0.3) is 0 Å². The van der Waals surface area contributed by atoms with E-state index in [4.69, 9.17) is 9.47 Å². The van der Waals surface area contributed by atoms with Crippen LogP contribution < -0.4 is 10.1 Å². The highest BCUT2D eigenvalue weighted by Gasteiger charge is 2.60. The lowest BCUT2D eigenvalue weighted by Crippen LogP contribution is -2.64. The summed E-state index contributed by atoms with van der Waals surface area (Å²) in [6, 6.07) is 15.5. The van der Waals surface area contributed by atoms with Crippen molar-refractivity contribution in [1.82, 2.24) is 10.2 Å². The van der Waals surface area contributed by atoms with Crippen LogP contribution in [0.4, 0.5) is 0 Å². The standard InChI is InChI=1S/C23H18N2O5/c1-29-22(28)23-17(20(27)15-9-5-6-10-18(15)30-23)13-16(21-24-11-12-25(21)23)19(26)14-7-3-2-4-8-14/h2-10,13,24H,11-12H2,1H3. The number of hydrogen-bond donors (Lipinski definition) is 1. The van der Waals surface area contributed by atoms with Crippen LogP contribution in [0.1, 0.15) is 20.7 Å². The first-order valence-electron chi connectivity index (χ1n) is 9.57. The summed E-state index contributed by atoms with van der Waals surface area (Å²) in [5.41, 5.74) is -0.574. The fourth-order valence-corrected chi connectivity index (χ4v) is 4.20. The van der Waals surface area contributed by atoms with Gasteiger partial charge in [0.2, 0.25) is 0 Å². The molecule has 5 rings (SSSR count). The number of ether oxygens (including phenoxy) is 2. The molecule has 1 N–H and O–H groups in total. The van der Waals surface area contributed by atoms with Crippen LogP contribution in [0.2, 0.25) is 0 Å². The number of benzene rings is 2. The molecule has 150 valence electrons. The van der Waals surface area contributed by atoms with E-state index in [0.29, 0.717) is 41.4 Å². The molecule has 0 saturated carbocycles. The maximum atomic E-state index is 13.4. The number of rotatable bonds is 3. The maximum Gasteiger partial charge on any atom is 0.377 e. The molecular formula is C23H18N2O5. The van der Waals surface area contributed by atoms with Crippen molar-refractivity contribution in [1.29, 1.82) is 0 Å². The van der Waals surface area contributed by atoms with Crippen LogP contribution in [0.15, 0.2) is 77.6 Å². The van der Waals surface area contributed by atoms with Gasteiger partial charge in [-0.25, -0.2) is 4.79 Å². The van der Waals surface area contributed by atoms with Crippen LogP contribution >= 0.6 is 0 Å². The van der Waals surface area contributed by atoms with E-state index in [2.05, 4.69) is 5.32 Å². The molecule has 0 radical (unpaired) electrons. The maximum absolute atomic E-state index is 13.4. The zero-order valence-electron chi connectivity index (χ0n) is 16.2. The summed E-state index contributed by atoms with van der Waals surface area (Å²) in [4.78, 5) is 41.4. The number of nitrogens with one attached hydrogen (secondary N) is 1. The molecule has 1 atom stereocenters. The molecule has 3 heterocycles. The Balaban J connectivity index is 1.74. The van der Waals surface area contributed by atoms with Gasteiger partial charge in [-0.3, -0.25) is 9.59 Å². The van der Waals surface area contributed by atoms with E-state index in [9.17, 15) is 14.4 Å². The van der Waals surface area contributed by atoms with Crippen LogP contribution in [-0.4, -0.2) is 48.4 Å². The van der Waals surface area contributed by atoms with E-state index in [-0.39, 0.29) is 17.1 Å². The number of hydrogen-bond acceptors (Lipinski definition) is 7. The van der Waals surface area contributed by atoms with Gasteiger partial charge >= 0.3 is 11.7 Å². The zero-order chi connectivity index (χ0) is 20.9. The summed E-state index contributed by atoms with van der Waals surface area (Å²) in [5, 5.41) is 3.18. The van der Waals surface area contributed by atoms with Crippen molar-refractivity contribution in [3.05, 3.63) is 88.8 Å². The minimum Gasteiger partial charge on any atom is -0.464 e. The average molecular weight is 402 g/mol. The number of allylic oxidation sites excluding steroid dienone is 2. The number of ketones is 2. The van der Waals surface area contributed by atoms with Crippen molar-refractivity contribution >= 4 is 17.5 Å². The second-order valence-electron chi connectivity index (χ2n) is 7.16. The van der Waals surface area contributed by atoms with Crippen LogP contribution in [0.25, 0.3) is 0 Å². The summed E-state index contributed by atoms with van der Waals surface area (Å²) in [5.74, 6) is -0.586. The summed E-state index contributed by atoms with van der Waals surface area (Å²) < 4.78 is 11.2. The molecule has 0 amide bonds. The average Bonchev–Trinajstić information content (AvgIpc) is 3.29. The summed E-state index contributed by atoms with van der Waals surface area (Å²) in [7, 11) is 1.25. The van der Waals surface area contributed by atoms with Gasteiger partial charge in [-0.05, 0) is 18.2 Å². The number of Topliss-reactive ketones (excluding diaryl/α,β-unsaturated/α-hetero) is 2. The van der Waals surface area contributed by atoms with Gasteiger partial charge in [0, 0.05) is 18.7 Å². The Morgan fingerprint density at radius 3 is 2.60 bits per heavy atom. The van der Waals surface area contributed by atoms with Crippen LogP contribution in [-0.2, 0) is 9.53 Å². The normalized spacial score (nSPS) is 21.6. The van der Waals surface area contributed by atoms with E-state index >= 15 is 0 Å². The highest BCUT2D eigenvalue weighted by Crippen LogP contribution is 2.45. The molecular weight excluding hydrogens is 384 g/mol. The fraction of sp³-hybridized carbons (Fsp3) is 0.174. The topological polar surface area (TPSA) is 84.9 Å². The van der Waals surface area contributed by atoms with Crippen molar-refractivity contribution in [3.63, 3.8) is 0 Å². The Morgan fingerprint density at radius 1 is 1.10 bits per heavy atom. The SMILES string of the molecule is COC(=O)C12Oc3ccccc3C(=O)C1=CC(C(=O)c1ccccc1)=C1NCCN12. The molecule has 0 aromatic heterocycles. The predicted octanol–water partition coefficient (Wildman–Crippen LogP) is 2.07. The van der Waals surface area contributed by atoms with Gasteiger partial charge < -0.3 is 19.7 Å². The smallest absolute Gasteiger partial charge is 0.377 e. The van der Waals surface area contributed by atoms with Crippen LogP contribution in [0.3, 0.4) is 0 Å². The lowest BCUT2D eigenvalue weighted by Gasteiger charge is -2.46. The van der Waals surface area contributed by atoms with Crippen molar-refractivity contribution in [2.45, 2.75) is 5.72 Å². The van der Waals surface area contributed by atoms with Crippen LogP contribution in [0.5, 0.6) is 5.75 Å². The monoisotopic (exact) mass is 402 g/mol. The third-order valence-corrected chi connectivity index (χ3v) is 5.56. The molecule has 7 nitrogen and oxygen atoms in total. The second kappa shape index (κ2) is 6.59. The first-order valence-corrected chi connectivity index (χ1v) is 9.57. The third kappa shape index (κ3) is 2.35. The summed E-state index contributed by atoms with van der Waals surface area (Å²) in [6.45, 7) is 0.850. The van der Waals surface area contributed by atoms with Gasteiger partial charge in [-0.15, -0.1) is 0 Å². The predicted molar refractivity (Wildman–Crippen MR) is 107 cm³/mol. The zero-order valence-corrected chi connectivity index (χ0v) is 16.2. The first kappa shape index (κ1) is 18.2. The Kier molecular flexibility index (Phi) is 3.99. The van der Waals surface area contributed by atoms with Gasteiger partial charge in [0.05, 0.1) is 23.8 Å². The number of methoxy groups -OCH3 is 1. The molecule has 1 fully saturated rings. The van der Waals surface area contributed by atoms with E-state index in [1.54, 1.807) is 53.4 Å². The molecule has 30 heavy (non-hydrogen) atoms. The number of fused-ring (bicyclic) bond motifs is 4. The van der Waals surface area contributed by atoms with Crippen molar-refractivity contribution < 1.29 is 23.9 Å². The Bertz CT molecular complexity index is 1150. The van der Waals surface area contributed by atoms with Gasteiger partial charge in [-0.2, -0.15) is 0 Å². The van der Waals surface area contributed by atoms with E-state index in [0.717, 1.165) is 0 Å². The van der Waals surface area contributed by atoms with Crippen LogP contribution in [0, 0.1) is 0 Å². The van der Waals surface area contributed by atoms with E-state index in [1.807, 2.05) is 6.07 Å². The Morgan fingerprint density at radius 2 is 1.83 bits per heavy atom. The number of carbonyl (C=O) groups is 3. The summed E-state index contributed by atoms with van der Waals surface area (Å²) in [6.07, 6.45) is 1.47. The second-order valence-corrected chi connectivity index (χ2v) is 7.16. The lowest BCUT2D eigenvalue weighted by atomic mass is 9.84. The molecule has 0 spiro atoms. The number of para-hydroxylation sites is 1. The minimum atomic E-state index is -1.78. The highest BCUT2D eigenvalue weighted by molar-refractivity contribution is 6.20. The molecule has 2 aromatic rings. The van der Waals surface area contributed by atoms with E-state index in [1.165, 1.54) is 13.2 Å². The Hall–Kier alpha value is -3.87. The molecule has 1 unspecified atom stereocenters. The van der Waals surface area contributed by atoms with Crippen molar-refractivity contribution in [2.24, 2.45) is 0 Å². The molecule has 0 bridgehead atoms. The van der Waals surface area contributed by atoms with Crippen molar-refractivity contribution in [3.8, 4) is 5.75 Å². The molecule has 7 heteroatoms. The van der Waals surface area contributed by atoms with Gasteiger partial charge in [0.15, 0.2) is 11.6 Å². The molecule has 3 aliphatic rings. The largest absolute Gasteiger partial charge is 0.464 e. The molecule has 0 aliphatic carbocycles. The molecule has 2 aromatic carbocycles. The lowest BCUT2D eigenvalue weighted by molar-refractivity contribution is -0.169. The van der Waals surface area contributed by atoms with Gasteiger partial charge in [-0.1, -0.05) is 42.5 Å². The Labute approximate surface area is 172 Å². The minimum absolute atomic E-state index is 0.0692. The molecule has 3 aliphatic heterocycles. The van der Waals surface area contributed by atoms with Gasteiger partial charge in [0.1, 0.15) is 11.6 Å². The molecule has 1 saturated heterocycles. The summed E-state index contributed by atoms with van der Waals surface area (Å²) >= 11 is 0. The fourth-order valence-electron chi connectivity index (χ4n) is 4.20. The highest BCUT2D eigenvalue weighted by atomic mass is 16.6.